The highest BCUT2D eigenvalue weighted by Gasteiger charge is 2.28. The minimum absolute atomic E-state index is 0.106. The predicted molar refractivity (Wildman–Crippen MR) is 72.1 cm³/mol. The minimum atomic E-state index is -0.384. The van der Waals surface area contributed by atoms with Crippen LogP contribution in [0.1, 0.15) is 16.8 Å². The SMILES string of the molecule is CN(C)C1CCN(C(=O)c2cc(F)ccc2Br)C1. The van der Waals surface area contributed by atoms with Crippen LogP contribution in [0.5, 0.6) is 0 Å². The second-order valence-electron chi connectivity index (χ2n) is 4.78. The lowest BCUT2D eigenvalue weighted by molar-refractivity contribution is 0.0781. The van der Waals surface area contributed by atoms with Gasteiger partial charge in [-0.2, -0.15) is 0 Å². The van der Waals surface area contributed by atoms with Crippen molar-refractivity contribution in [1.29, 1.82) is 0 Å². The van der Waals surface area contributed by atoms with Crippen molar-refractivity contribution < 1.29 is 9.18 Å². The van der Waals surface area contributed by atoms with Gasteiger partial charge in [-0.15, -0.1) is 0 Å². The summed E-state index contributed by atoms with van der Waals surface area (Å²) in [7, 11) is 4.02. The molecule has 1 aliphatic heterocycles. The van der Waals surface area contributed by atoms with Crippen molar-refractivity contribution in [3.05, 3.63) is 34.1 Å². The highest BCUT2D eigenvalue weighted by Crippen LogP contribution is 2.22. The van der Waals surface area contributed by atoms with Crippen molar-refractivity contribution in [2.45, 2.75) is 12.5 Å². The van der Waals surface area contributed by atoms with E-state index >= 15 is 0 Å². The zero-order chi connectivity index (χ0) is 13.3. The Morgan fingerprint density at radius 3 is 2.83 bits per heavy atom. The minimum Gasteiger partial charge on any atom is -0.337 e. The summed E-state index contributed by atoms with van der Waals surface area (Å²) in [5, 5.41) is 0. The summed E-state index contributed by atoms with van der Waals surface area (Å²) >= 11 is 3.30. The molecule has 1 saturated heterocycles. The van der Waals surface area contributed by atoms with Crippen LogP contribution in [-0.4, -0.2) is 48.9 Å². The predicted octanol–water partition coefficient (Wildman–Crippen LogP) is 2.36. The lowest BCUT2D eigenvalue weighted by atomic mass is 10.2. The number of likely N-dealkylation sites (tertiary alicyclic amines) is 1. The fourth-order valence-corrected chi connectivity index (χ4v) is 2.60. The van der Waals surface area contributed by atoms with Crippen LogP contribution in [0, 0.1) is 5.82 Å². The van der Waals surface area contributed by atoms with E-state index in [1.165, 1.54) is 12.1 Å². The Hall–Kier alpha value is -0.940. The highest BCUT2D eigenvalue weighted by atomic mass is 79.9. The molecule has 1 unspecified atom stereocenters. The Morgan fingerprint density at radius 2 is 2.22 bits per heavy atom. The van der Waals surface area contributed by atoms with Gasteiger partial charge in [0.05, 0.1) is 5.56 Å². The molecule has 0 bridgehead atoms. The molecule has 1 aromatic rings. The Bertz CT molecular complexity index is 464. The third-order valence-corrected chi connectivity index (χ3v) is 4.03. The highest BCUT2D eigenvalue weighted by molar-refractivity contribution is 9.10. The number of rotatable bonds is 2. The van der Waals surface area contributed by atoms with Crippen LogP contribution >= 0.6 is 15.9 Å². The van der Waals surface area contributed by atoms with Gasteiger partial charge in [-0.3, -0.25) is 4.79 Å². The Balaban J connectivity index is 2.15. The standard InChI is InChI=1S/C13H16BrFN2O/c1-16(2)10-5-6-17(8-10)13(18)11-7-9(15)3-4-12(11)14/h3-4,7,10H,5-6,8H2,1-2H3. The van der Waals surface area contributed by atoms with Crippen LogP contribution in [0.25, 0.3) is 0 Å². The topological polar surface area (TPSA) is 23.6 Å². The van der Waals surface area contributed by atoms with Crippen LogP contribution in [-0.2, 0) is 0 Å². The Morgan fingerprint density at radius 1 is 1.50 bits per heavy atom. The molecule has 0 radical (unpaired) electrons. The largest absolute Gasteiger partial charge is 0.337 e. The van der Waals surface area contributed by atoms with Gasteiger partial charge in [0.25, 0.3) is 5.91 Å². The number of carbonyl (C=O) groups excluding carboxylic acids is 1. The molecule has 98 valence electrons. The second-order valence-corrected chi connectivity index (χ2v) is 5.64. The molecule has 1 fully saturated rings. The number of hydrogen-bond acceptors (Lipinski definition) is 2. The Kier molecular flexibility index (Phi) is 4.02. The van der Waals surface area contributed by atoms with Gasteiger partial charge in [0, 0.05) is 23.6 Å². The average Bonchev–Trinajstić information content (AvgIpc) is 2.81. The molecule has 2 rings (SSSR count). The summed E-state index contributed by atoms with van der Waals surface area (Å²) in [6.07, 6.45) is 0.964. The molecule has 5 heteroatoms. The van der Waals surface area contributed by atoms with Crippen LogP contribution in [0.2, 0.25) is 0 Å². The molecule has 1 aromatic carbocycles. The van der Waals surface area contributed by atoms with Crippen LogP contribution in [0.15, 0.2) is 22.7 Å². The third-order valence-electron chi connectivity index (χ3n) is 3.34. The van der Waals surface area contributed by atoms with Crippen molar-refractivity contribution in [3.63, 3.8) is 0 Å². The van der Waals surface area contributed by atoms with E-state index in [4.69, 9.17) is 0 Å². The van der Waals surface area contributed by atoms with Crippen molar-refractivity contribution in [2.24, 2.45) is 0 Å². The van der Waals surface area contributed by atoms with E-state index in [0.29, 0.717) is 22.6 Å². The van der Waals surface area contributed by atoms with Gasteiger partial charge in [-0.25, -0.2) is 4.39 Å². The summed E-state index contributed by atoms with van der Waals surface area (Å²) in [6.45, 7) is 1.43. The number of nitrogens with zero attached hydrogens (tertiary/aromatic N) is 2. The van der Waals surface area contributed by atoms with Gasteiger partial charge < -0.3 is 9.80 Å². The Labute approximate surface area is 115 Å². The molecule has 0 aromatic heterocycles. The maximum absolute atomic E-state index is 13.2. The summed E-state index contributed by atoms with van der Waals surface area (Å²) in [5.74, 6) is -0.490. The number of halogens is 2. The number of likely N-dealkylation sites (N-methyl/N-ethyl adjacent to an activating group) is 1. The van der Waals surface area contributed by atoms with Crippen LogP contribution in [0.4, 0.5) is 4.39 Å². The first kappa shape index (κ1) is 13.5. The van der Waals surface area contributed by atoms with Gasteiger partial charge in [0.2, 0.25) is 0 Å². The molecule has 1 heterocycles. The van der Waals surface area contributed by atoms with E-state index in [1.54, 1.807) is 11.0 Å². The molecule has 0 saturated carbocycles. The van der Waals surface area contributed by atoms with Gasteiger partial charge in [-0.1, -0.05) is 0 Å². The quantitative estimate of drug-likeness (QED) is 0.836. The molecule has 1 aliphatic rings. The average molecular weight is 315 g/mol. The summed E-state index contributed by atoms with van der Waals surface area (Å²) in [4.78, 5) is 16.2. The van der Waals surface area contributed by atoms with E-state index in [-0.39, 0.29) is 11.7 Å². The first-order valence-corrected chi connectivity index (χ1v) is 6.69. The van der Waals surface area contributed by atoms with Crippen molar-refractivity contribution in [1.82, 2.24) is 9.80 Å². The van der Waals surface area contributed by atoms with Gasteiger partial charge in [-0.05, 0) is 54.6 Å². The molecule has 1 atom stereocenters. The normalized spacial score (nSPS) is 19.6. The van der Waals surface area contributed by atoms with E-state index in [2.05, 4.69) is 20.8 Å². The molecule has 3 nitrogen and oxygen atoms in total. The lowest BCUT2D eigenvalue weighted by Crippen LogP contribution is -2.34. The van der Waals surface area contributed by atoms with Crippen LogP contribution < -0.4 is 0 Å². The summed E-state index contributed by atoms with van der Waals surface area (Å²) in [5.41, 5.74) is 0.398. The monoisotopic (exact) mass is 314 g/mol. The fourth-order valence-electron chi connectivity index (χ4n) is 2.18. The number of carbonyl (C=O) groups is 1. The van der Waals surface area contributed by atoms with E-state index < -0.39 is 0 Å². The number of benzene rings is 1. The molecule has 18 heavy (non-hydrogen) atoms. The number of amides is 1. The maximum atomic E-state index is 13.2. The lowest BCUT2D eigenvalue weighted by Gasteiger charge is -2.20. The summed E-state index contributed by atoms with van der Waals surface area (Å²) < 4.78 is 13.8. The molecule has 0 spiro atoms. The van der Waals surface area contributed by atoms with Gasteiger partial charge >= 0.3 is 0 Å². The maximum Gasteiger partial charge on any atom is 0.255 e. The van der Waals surface area contributed by atoms with Crippen molar-refractivity contribution >= 4 is 21.8 Å². The van der Waals surface area contributed by atoms with E-state index in [1.807, 2.05) is 14.1 Å². The smallest absolute Gasteiger partial charge is 0.255 e. The molecule has 0 N–H and O–H groups in total. The van der Waals surface area contributed by atoms with Gasteiger partial charge in [0.15, 0.2) is 0 Å². The molecular weight excluding hydrogens is 299 g/mol. The van der Waals surface area contributed by atoms with Gasteiger partial charge in [0.1, 0.15) is 5.82 Å². The van der Waals surface area contributed by atoms with Crippen molar-refractivity contribution in [2.75, 3.05) is 27.2 Å². The zero-order valence-corrected chi connectivity index (χ0v) is 12.1. The van der Waals surface area contributed by atoms with E-state index in [9.17, 15) is 9.18 Å². The fraction of sp³-hybridized carbons (Fsp3) is 0.462. The third kappa shape index (κ3) is 2.72. The first-order chi connectivity index (χ1) is 8.49. The zero-order valence-electron chi connectivity index (χ0n) is 10.5. The first-order valence-electron chi connectivity index (χ1n) is 5.90. The number of hydrogen-bond donors (Lipinski definition) is 0. The molecule has 1 amide bonds. The van der Waals surface area contributed by atoms with Crippen molar-refractivity contribution in [3.8, 4) is 0 Å². The second kappa shape index (κ2) is 5.36. The van der Waals surface area contributed by atoms with Crippen LogP contribution in [0.3, 0.4) is 0 Å². The summed E-state index contributed by atoms with van der Waals surface area (Å²) in [6, 6.07) is 4.59. The molecule has 0 aliphatic carbocycles. The van der Waals surface area contributed by atoms with E-state index in [0.717, 1.165) is 13.0 Å². The molecular formula is C13H16BrFN2O.